The summed E-state index contributed by atoms with van der Waals surface area (Å²) in [6.45, 7) is -1.37. The molecule has 0 radical (unpaired) electrons. The number of hydrogen-bond donors (Lipinski definition) is 5. The number of aliphatic carboxylic acids is 4. The Hall–Kier alpha value is -6.07. The second-order valence-electron chi connectivity index (χ2n) is 12.1. The molecule has 0 heterocycles. The van der Waals surface area contributed by atoms with Crippen LogP contribution in [0, 0.1) is 6.92 Å². The van der Waals surface area contributed by atoms with Gasteiger partial charge in [-0.25, -0.2) is 13.1 Å². The molecule has 0 spiro atoms. The molecule has 0 aliphatic carbocycles. The zero-order valence-corrected chi connectivity index (χ0v) is 30.0. The van der Waals surface area contributed by atoms with E-state index in [0.717, 1.165) is 26.4 Å². The Morgan fingerprint density at radius 3 is 1.66 bits per heavy atom. The molecule has 4 aromatic carbocycles. The largest absolute Gasteiger partial charge is 0.488 e. The molecular formula is C36H40N4O12S. The smallest absolute Gasteiger partial charge is 0.323 e. The predicted octanol–water partition coefficient (Wildman–Crippen LogP) is 3.10. The van der Waals surface area contributed by atoms with Crippen LogP contribution in [-0.4, -0.2) is 106 Å². The summed E-state index contributed by atoms with van der Waals surface area (Å²) in [6, 6.07) is 19.6. The number of carboxylic acid groups (broad SMARTS) is 4. The van der Waals surface area contributed by atoms with Crippen LogP contribution in [0.25, 0.3) is 10.8 Å². The summed E-state index contributed by atoms with van der Waals surface area (Å²) in [5.41, 5.74) is 2.31. The third kappa shape index (κ3) is 10.7. The summed E-state index contributed by atoms with van der Waals surface area (Å²) in [6.07, 6.45) is 0. The van der Waals surface area contributed by atoms with Crippen molar-refractivity contribution in [1.82, 2.24) is 4.72 Å². The van der Waals surface area contributed by atoms with Crippen molar-refractivity contribution in [2.75, 3.05) is 68.2 Å². The van der Waals surface area contributed by atoms with E-state index in [-0.39, 0.29) is 47.5 Å². The van der Waals surface area contributed by atoms with Crippen molar-refractivity contribution in [2.24, 2.45) is 0 Å². The standard InChI is InChI=1S/C36H40N4O12S/c1-23-10-12-28(39(19-33(41)42)20-34(43)44)30(16-23)51-14-15-52-31-17-24(11-13-29(31)40(21-35(45)46)22-36(47)48)18-37-53(49,50)32-9-5-6-25-26(32)7-4-8-27(25)38(2)3/h4-13,16-17,37H,14-15,18-22H2,1-3H3,(H,41,42)(H,43,44)(H,45,46)(H,47,48). The van der Waals surface area contributed by atoms with Crippen LogP contribution in [0.1, 0.15) is 11.1 Å². The van der Waals surface area contributed by atoms with Crippen molar-refractivity contribution >= 4 is 61.7 Å². The van der Waals surface area contributed by atoms with E-state index in [1.807, 2.05) is 31.1 Å². The van der Waals surface area contributed by atoms with Gasteiger partial charge in [-0.1, -0.05) is 36.4 Å². The number of sulfonamides is 1. The van der Waals surface area contributed by atoms with Crippen LogP contribution in [0.4, 0.5) is 17.1 Å². The molecule has 5 N–H and O–H groups in total. The van der Waals surface area contributed by atoms with Gasteiger partial charge in [0.1, 0.15) is 50.9 Å². The van der Waals surface area contributed by atoms with Gasteiger partial charge < -0.3 is 44.6 Å². The van der Waals surface area contributed by atoms with Crippen LogP contribution in [0.3, 0.4) is 0 Å². The van der Waals surface area contributed by atoms with Crippen LogP contribution < -0.4 is 28.9 Å². The van der Waals surface area contributed by atoms with Gasteiger partial charge >= 0.3 is 23.9 Å². The second kappa shape index (κ2) is 17.4. The van der Waals surface area contributed by atoms with E-state index < -0.39 is 60.1 Å². The first kappa shape index (κ1) is 39.7. The Bertz CT molecular complexity index is 2070. The quantitative estimate of drug-likeness (QED) is 0.0819. The summed E-state index contributed by atoms with van der Waals surface area (Å²) in [5, 5.41) is 39.0. The van der Waals surface area contributed by atoms with E-state index >= 15 is 0 Å². The normalized spacial score (nSPS) is 11.2. The first-order chi connectivity index (χ1) is 25.0. The number of ether oxygens (including phenoxy) is 2. The fraction of sp³-hybridized carbons (Fsp3) is 0.278. The molecule has 0 unspecified atom stereocenters. The second-order valence-corrected chi connectivity index (χ2v) is 13.8. The number of rotatable bonds is 20. The molecule has 0 aliphatic heterocycles. The molecule has 0 atom stereocenters. The Morgan fingerprint density at radius 2 is 1.13 bits per heavy atom. The number of nitrogens with one attached hydrogen (secondary N) is 1. The summed E-state index contributed by atoms with van der Waals surface area (Å²) in [7, 11) is -0.339. The summed E-state index contributed by atoms with van der Waals surface area (Å²) < 4.78 is 41.6. The zero-order chi connectivity index (χ0) is 38.9. The molecule has 4 aromatic rings. The highest BCUT2D eigenvalue weighted by Gasteiger charge is 2.22. The molecule has 53 heavy (non-hydrogen) atoms. The average Bonchev–Trinajstić information content (AvgIpc) is 3.07. The molecule has 0 saturated heterocycles. The first-order valence-electron chi connectivity index (χ1n) is 16.1. The molecule has 0 amide bonds. The molecule has 0 saturated carbocycles. The van der Waals surface area contributed by atoms with Crippen LogP contribution >= 0.6 is 0 Å². The molecule has 282 valence electrons. The molecule has 4 rings (SSSR count). The Morgan fingerprint density at radius 1 is 0.642 bits per heavy atom. The number of carboxylic acids is 4. The summed E-state index contributed by atoms with van der Waals surface area (Å²) >= 11 is 0. The van der Waals surface area contributed by atoms with Crippen LogP contribution in [-0.2, 0) is 35.7 Å². The lowest BCUT2D eigenvalue weighted by Crippen LogP contribution is -2.35. The molecule has 0 fully saturated rings. The van der Waals surface area contributed by atoms with Crippen LogP contribution in [0.5, 0.6) is 11.5 Å². The Labute approximate surface area is 305 Å². The SMILES string of the molecule is Cc1ccc(N(CC(=O)O)CC(=O)O)c(OCCOc2cc(CNS(=O)(=O)c3cccc4c(N(C)C)cccc34)ccc2N(CC(=O)O)CC(=O)O)c1. The van der Waals surface area contributed by atoms with E-state index in [2.05, 4.69) is 4.72 Å². The number of fused-ring (bicyclic) bond motifs is 1. The minimum absolute atomic E-state index is 0.0384. The first-order valence-corrected chi connectivity index (χ1v) is 17.6. The van der Waals surface area contributed by atoms with Crippen molar-refractivity contribution in [1.29, 1.82) is 0 Å². The Kier molecular flexibility index (Phi) is 13.1. The summed E-state index contributed by atoms with van der Waals surface area (Å²) in [5.74, 6) is -4.88. The third-order valence-electron chi connectivity index (χ3n) is 7.82. The van der Waals surface area contributed by atoms with E-state index in [0.29, 0.717) is 10.9 Å². The number of hydrogen-bond acceptors (Lipinski definition) is 11. The molecule has 0 bridgehead atoms. The summed E-state index contributed by atoms with van der Waals surface area (Å²) in [4.78, 5) is 50.4. The third-order valence-corrected chi connectivity index (χ3v) is 9.28. The lowest BCUT2D eigenvalue weighted by molar-refractivity contribution is -0.138. The molecule has 17 heteroatoms. The maximum atomic E-state index is 13.6. The van der Waals surface area contributed by atoms with Gasteiger partial charge in [-0.15, -0.1) is 0 Å². The molecular weight excluding hydrogens is 712 g/mol. The fourth-order valence-electron chi connectivity index (χ4n) is 5.60. The lowest BCUT2D eigenvalue weighted by Gasteiger charge is -2.25. The lowest BCUT2D eigenvalue weighted by atomic mass is 10.1. The van der Waals surface area contributed by atoms with E-state index in [4.69, 9.17) is 9.47 Å². The highest BCUT2D eigenvalue weighted by molar-refractivity contribution is 7.89. The van der Waals surface area contributed by atoms with Gasteiger partial charge in [-0.05, 0) is 54.4 Å². The zero-order valence-electron chi connectivity index (χ0n) is 29.2. The average molecular weight is 753 g/mol. The molecule has 16 nitrogen and oxygen atoms in total. The number of benzene rings is 4. The molecule has 0 aromatic heterocycles. The number of nitrogens with zero attached hydrogens (tertiary/aromatic N) is 3. The van der Waals surface area contributed by atoms with E-state index in [1.165, 1.54) is 30.3 Å². The predicted molar refractivity (Wildman–Crippen MR) is 196 cm³/mol. The maximum absolute atomic E-state index is 13.6. The van der Waals surface area contributed by atoms with Crippen LogP contribution in [0.15, 0.2) is 77.7 Å². The van der Waals surface area contributed by atoms with Gasteiger partial charge in [0.2, 0.25) is 10.0 Å². The highest BCUT2D eigenvalue weighted by atomic mass is 32.2. The van der Waals surface area contributed by atoms with E-state index in [9.17, 15) is 48.0 Å². The minimum Gasteiger partial charge on any atom is -0.488 e. The van der Waals surface area contributed by atoms with E-state index in [1.54, 1.807) is 37.3 Å². The number of anilines is 3. The van der Waals surface area contributed by atoms with Crippen molar-refractivity contribution in [3.05, 3.63) is 83.9 Å². The van der Waals surface area contributed by atoms with Gasteiger partial charge in [0, 0.05) is 37.1 Å². The van der Waals surface area contributed by atoms with Crippen molar-refractivity contribution in [2.45, 2.75) is 18.4 Å². The van der Waals surface area contributed by atoms with Gasteiger partial charge in [0.15, 0.2) is 0 Å². The fourth-order valence-corrected chi connectivity index (χ4v) is 6.83. The number of aryl methyl sites for hydroxylation is 1. The maximum Gasteiger partial charge on any atom is 0.323 e. The van der Waals surface area contributed by atoms with Gasteiger partial charge in [-0.3, -0.25) is 19.2 Å². The minimum atomic E-state index is -4.05. The Balaban J connectivity index is 1.60. The monoisotopic (exact) mass is 752 g/mol. The van der Waals surface area contributed by atoms with Gasteiger partial charge in [0.25, 0.3) is 0 Å². The van der Waals surface area contributed by atoms with Crippen molar-refractivity contribution in [3.8, 4) is 11.5 Å². The van der Waals surface area contributed by atoms with Gasteiger partial charge in [-0.2, -0.15) is 0 Å². The van der Waals surface area contributed by atoms with Crippen LogP contribution in [0.2, 0.25) is 0 Å². The number of carbonyl (C=O) groups is 4. The van der Waals surface area contributed by atoms with Gasteiger partial charge in [0.05, 0.1) is 16.3 Å². The molecule has 0 aliphatic rings. The van der Waals surface area contributed by atoms with Crippen molar-refractivity contribution < 1.29 is 57.5 Å². The highest BCUT2D eigenvalue weighted by Crippen LogP contribution is 2.33. The topological polar surface area (TPSA) is 224 Å². The van der Waals surface area contributed by atoms with Crippen molar-refractivity contribution in [3.63, 3.8) is 0 Å².